The van der Waals surface area contributed by atoms with Crippen LogP contribution >= 0.6 is 0 Å². The molecule has 1 aliphatic rings. The van der Waals surface area contributed by atoms with E-state index in [1.54, 1.807) is 0 Å². The number of hydrogen-bond acceptors (Lipinski definition) is 9. The number of rotatable bonds is 48. The monoisotopic (exact) mass is 933 g/mol. The lowest BCUT2D eigenvalue weighted by Crippen LogP contribution is -2.59. The van der Waals surface area contributed by atoms with Gasteiger partial charge in [0.25, 0.3) is 0 Å². The molecule has 0 bridgehead atoms. The van der Waals surface area contributed by atoms with Gasteiger partial charge >= 0.3 is 5.97 Å². The zero-order chi connectivity index (χ0) is 47.8. The Bertz CT molecular complexity index is 1150. The third-order valence-corrected chi connectivity index (χ3v) is 12.7. The minimum atomic E-state index is -1.54. The predicted molar refractivity (Wildman–Crippen MR) is 275 cm³/mol. The van der Waals surface area contributed by atoms with Gasteiger partial charge in [-0.25, -0.2) is 0 Å². The molecule has 1 fully saturated rings. The normalized spacial score (nSPS) is 19.6. The summed E-state index contributed by atoms with van der Waals surface area (Å²) in [4.78, 5) is 12.9. The van der Waals surface area contributed by atoms with Crippen molar-refractivity contribution in [3.8, 4) is 0 Å². The van der Waals surface area contributed by atoms with Gasteiger partial charge in [0, 0.05) is 13.0 Å². The highest BCUT2D eigenvalue weighted by atomic mass is 16.7. The van der Waals surface area contributed by atoms with Crippen LogP contribution in [-0.4, -0.2) is 89.6 Å². The summed E-state index contributed by atoms with van der Waals surface area (Å²) < 4.78 is 22.9. The first-order valence-corrected chi connectivity index (χ1v) is 27.7. The van der Waals surface area contributed by atoms with E-state index in [9.17, 15) is 25.2 Å². The SMILES string of the molecule is CCCCCCC/C=C\C/C=C\C/C=C\CCCCCCCCCOCC(COC1OC(CO)C(O)C(O)C1O)OC(=O)CCCCCCCCCCC/C=C\CCCCCCCCCC. The molecule has 1 heterocycles. The van der Waals surface area contributed by atoms with Gasteiger partial charge in [-0.2, -0.15) is 0 Å². The molecule has 0 aliphatic carbocycles. The van der Waals surface area contributed by atoms with Crippen LogP contribution in [-0.2, 0) is 23.7 Å². The Morgan fingerprint density at radius 1 is 0.485 bits per heavy atom. The van der Waals surface area contributed by atoms with Crippen molar-refractivity contribution in [2.45, 2.75) is 282 Å². The van der Waals surface area contributed by atoms with E-state index in [0.717, 1.165) is 57.8 Å². The zero-order valence-electron chi connectivity index (χ0n) is 42.7. The Balaban J connectivity index is 2.19. The van der Waals surface area contributed by atoms with Crippen LogP contribution in [0.15, 0.2) is 48.6 Å². The van der Waals surface area contributed by atoms with Crippen LogP contribution in [0.25, 0.3) is 0 Å². The van der Waals surface area contributed by atoms with E-state index in [2.05, 4.69) is 62.5 Å². The van der Waals surface area contributed by atoms with Crippen molar-refractivity contribution in [2.24, 2.45) is 0 Å². The third kappa shape index (κ3) is 38.1. The van der Waals surface area contributed by atoms with Gasteiger partial charge in [-0.1, -0.05) is 210 Å². The fourth-order valence-electron chi connectivity index (χ4n) is 8.38. The maximum Gasteiger partial charge on any atom is 0.306 e. The molecule has 4 N–H and O–H groups in total. The predicted octanol–water partition coefficient (Wildman–Crippen LogP) is 14.0. The molecular weight excluding hydrogens is 829 g/mol. The molecule has 9 nitrogen and oxygen atoms in total. The summed E-state index contributed by atoms with van der Waals surface area (Å²) in [7, 11) is 0. The quantitative estimate of drug-likeness (QED) is 0.0267. The van der Waals surface area contributed by atoms with Crippen molar-refractivity contribution in [3.63, 3.8) is 0 Å². The molecular formula is C57H104O9. The van der Waals surface area contributed by atoms with Gasteiger partial charge < -0.3 is 39.4 Å². The fraction of sp³-hybridized carbons (Fsp3) is 0.842. The number of allylic oxidation sites excluding steroid dienone is 8. The molecule has 1 aliphatic heterocycles. The van der Waals surface area contributed by atoms with E-state index in [4.69, 9.17) is 18.9 Å². The summed E-state index contributed by atoms with van der Waals surface area (Å²) in [6.07, 6.45) is 54.3. The summed E-state index contributed by atoms with van der Waals surface area (Å²) in [6.45, 7) is 4.55. The van der Waals surface area contributed by atoms with Crippen molar-refractivity contribution in [2.75, 3.05) is 26.4 Å². The van der Waals surface area contributed by atoms with Gasteiger partial charge in [0.15, 0.2) is 6.29 Å². The highest BCUT2D eigenvalue weighted by Gasteiger charge is 2.44. The van der Waals surface area contributed by atoms with E-state index in [1.165, 1.54) is 167 Å². The van der Waals surface area contributed by atoms with E-state index in [1.807, 2.05) is 0 Å². The van der Waals surface area contributed by atoms with Crippen molar-refractivity contribution < 1.29 is 44.2 Å². The first-order chi connectivity index (χ1) is 32.4. The average Bonchev–Trinajstić information content (AvgIpc) is 3.32. The maximum absolute atomic E-state index is 12.9. The Kier molecular flexibility index (Phi) is 45.4. The first kappa shape index (κ1) is 62.2. The van der Waals surface area contributed by atoms with Crippen LogP contribution < -0.4 is 0 Å². The summed E-state index contributed by atoms with van der Waals surface area (Å²) >= 11 is 0. The highest BCUT2D eigenvalue weighted by Crippen LogP contribution is 2.23. The first-order valence-electron chi connectivity index (χ1n) is 27.7. The molecule has 9 heteroatoms. The van der Waals surface area contributed by atoms with Gasteiger partial charge in [-0.05, 0) is 77.0 Å². The second kappa shape index (κ2) is 48.2. The minimum Gasteiger partial charge on any atom is -0.457 e. The van der Waals surface area contributed by atoms with Crippen molar-refractivity contribution in [3.05, 3.63) is 48.6 Å². The van der Waals surface area contributed by atoms with Crippen LogP contribution in [0.1, 0.15) is 245 Å². The maximum atomic E-state index is 12.9. The lowest BCUT2D eigenvalue weighted by atomic mass is 9.99. The van der Waals surface area contributed by atoms with Crippen molar-refractivity contribution in [1.29, 1.82) is 0 Å². The van der Waals surface area contributed by atoms with E-state index in [-0.39, 0.29) is 19.2 Å². The molecule has 0 saturated carbocycles. The Morgan fingerprint density at radius 2 is 0.879 bits per heavy atom. The van der Waals surface area contributed by atoms with E-state index < -0.39 is 43.4 Å². The van der Waals surface area contributed by atoms with Crippen LogP contribution in [0.4, 0.5) is 0 Å². The number of aliphatic hydroxyl groups excluding tert-OH is 4. The molecule has 6 atom stereocenters. The molecule has 0 amide bonds. The van der Waals surface area contributed by atoms with Gasteiger partial charge in [0.1, 0.15) is 30.5 Å². The molecule has 0 aromatic rings. The van der Waals surface area contributed by atoms with Gasteiger partial charge in [-0.3, -0.25) is 4.79 Å². The number of carbonyl (C=O) groups is 1. The van der Waals surface area contributed by atoms with Gasteiger partial charge in [0.05, 0.1) is 19.8 Å². The van der Waals surface area contributed by atoms with Crippen LogP contribution in [0.3, 0.4) is 0 Å². The highest BCUT2D eigenvalue weighted by molar-refractivity contribution is 5.69. The number of hydrogen-bond donors (Lipinski definition) is 4. The van der Waals surface area contributed by atoms with Crippen molar-refractivity contribution >= 4 is 5.97 Å². The number of ether oxygens (including phenoxy) is 4. The largest absolute Gasteiger partial charge is 0.457 e. The number of unbranched alkanes of at least 4 members (excludes halogenated alkanes) is 29. The smallest absolute Gasteiger partial charge is 0.306 e. The fourth-order valence-corrected chi connectivity index (χ4v) is 8.38. The topological polar surface area (TPSA) is 135 Å². The van der Waals surface area contributed by atoms with Crippen LogP contribution in [0.5, 0.6) is 0 Å². The van der Waals surface area contributed by atoms with Gasteiger partial charge in [0.2, 0.25) is 0 Å². The molecule has 386 valence electrons. The summed E-state index contributed by atoms with van der Waals surface area (Å²) in [5, 5.41) is 40.3. The molecule has 6 unspecified atom stereocenters. The molecule has 1 saturated heterocycles. The second-order valence-corrected chi connectivity index (χ2v) is 19.0. The van der Waals surface area contributed by atoms with Crippen LogP contribution in [0.2, 0.25) is 0 Å². The lowest BCUT2D eigenvalue weighted by Gasteiger charge is -2.39. The number of esters is 1. The van der Waals surface area contributed by atoms with E-state index in [0.29, 0.717) is 13.0 Å². The summed E-state index contributed by atoms with van der Waals surface area (Å²) in [5.41, 5.74) is 0. The molecule has 66 heavy (non-hydrogen) atoms. The average molecular weight is 933 g/mol. The lowest BCUT2D eigenvalue weighted by molar-refractivity contribution is -0.305. The second-order valence-electron chi connectivity index (χ2n) is 19.0. The Morgan fingerprint density at radius 3 is 1.33 bits per heavy atom. The molecule has 0 aromatic heterocycles. The molecule has 0 radical (unpaired) electrons. The Labute approximate surface area is 405 Å². The third-order valence-electron chi connectivity index (χ3n) is 12.7. The summed E-state index contributed by atoms with van der Waals surface area (Å²) in [6, 6.07) is 0. The van der Waals surface area contributed by atoms with Crippen molar-refractivity contribution in [1.82, 2.24) is 0 Å². The minimum absolute atomic E-state index is 0.118. The van der Waals surface area contributed by atoms with E-state index >= 15 is 0 Å². The number of aliphatic hydroxyl groups is 4. The standard InChI is InChI=1S/C57H104O9/c1-3-5-7-9-11-13-15-17-19-21-23-25-27-29-31-33-35-37-39-41-43-45-47-63-49-51(50-64-57-56(62)55(61)54(60)52(48-58)66-57)65-53(59)46-44-42-40-38-36-34-32-30-28-26-24-22-20-18-16-14-12-10-8-6-4-2/h15,17,21-24,27,29,51-52,54-58,60-62H,3-14,16,18-20,25-26,28,30-50H2,1-2H3/b17-15-,23-21-,24-22-,29-27-. The molecule has 0 aromatic carbocycles. The van der Waals surface area contributed by atoms with Gasteiger partial charge in [-0.15, -0.1) is 0 Å². The Hall–Kier alpha value is -1.85. The molecule has 1 rings (SSSR count). The zero-order valence-corrected chi connectivity index (χ0v) is 42.7. The summed E-state index contributed by atoms with van der Waals surface area (Å²) in [5.74, 6) is -0.317. The molecule has 0 spiro atoms. The van der Waals surface area contributed by atoms with Crippen LogP contribution in [0, 0.1) is 0 Å². The number of carbonyl (C=O) groups excluding carboxylic acids is 1.